The second kappa shape index (κ2) is 3.89. The summed E-state index contributed by atoms with van der Waals surface area (Å²) in [5, 5.41) is 12.4. The van der Waals surface area contributed by atoms with Crippen LogP contribution in [0.5, 0.6) is 5.75 Å². The Balaban J connectivity index is 3.10. The molecule has 3 nitrogen and oxygen atoms in total. The molecule has 0 fully saturated rings. The van der Waals surface area contributed by atoms with Crippen LogP contribution in [0.25, 0.3) is 0 Å². The van der Waals surface area contributed by atoms with Crippen LogP contribution in [0, 0.1) is 5.82 Å². The Bertz CT molecular complexity index is 336. The van der Waals surface area contributed by atoms with E-state index in [2.05, 4.69) is 5.10 Å². The number of hydrogen-bond acceptors (Lipinski definition) is 3. The molecule has 0 aliphatic carbocycles. The highest BCUT2D eigenvalue weighted by molar-refractivity contribution is 6.00. The predicted octanol–water partition coefficient (Wildman–Crippen LogP) is 1.60. The molecular weight excluding hydrogens is 171 g/mol. The number of rotatable bonds is 2. The fraction of sp³-hybridized carbons (Fsp3) is 0.222. The van der Waals surface area contributed by atoms with Crippen molar-refractivity contribution in [3.8, 4) is 5.75 Å². The van der Waals surface area contributed by atoms with Crippen molar-refractivity contribution in [2.45, 2.75) is 13.3 Å². The Labute approximate surface area is 75.7 Å². The van der Waals surface area contributed by atoms with Gasteiger partial charge in [-0.25, -0.2) is 4.39 Å². The summed E-state index contributed by atoms with van der Waals surface area (Å²) in [6.07, 6.45) is 0.626. The lowest BCUT2D eigenvalue weighted by molar-refractivity contribution is 0.432. The van der Waals surface area contributed by atoms with Gasteiger partial charge in [-0.05, 0) is 24.6 Å². The number of hydrogen-bond donors (Lipinski definition) is 2. The van der Waals surface area contributed by atoms with Crippen molar-refractivity contribution in [1.29, 1.82) is 0 Å². The number of hydrazone groups is 1. The molecule has 0 saturated heterocycles. The van der Waals surface area contributed by atoms with Crippen LogP contribution >= 0.6 is 0 Å². The Hall–Kier alpha value is -1.58. The van der Waals surface area contributed by atoms with Gasteiger partial charge in [0.15, 0.2) is 11.6 Å². The zero-order valence-electron chi connectivity index (χ0n) is 7.29. The third-order valence-corrected chi connectivity index (χ3v) is 1.77. The van der Waals surface area contributed by atoms with Crippen molar-refractivity contribution < 1.29 is 9.50 Å². The number of halogens is 1. The minimum absolute atomic E-state index is 0.365. The van der Waals surface area contributed by atoms with Crippen LogP contribution in [-0.2, 0) is 0 Å². The van der Waals surface area contributed by atoms with Gasteiger partial charge < -0.3 is 10.9 Å². The van der Waals surface area contributed by atoms with E-state index in [0.717, 1.165) is 0 Å². The lowest BCUT2D eigenvalue weighted by atomic mass is 10.1. The van der Waals surface area contributed by atoms with Crippen molar-refractivity contribution in [2.24, 2.45) is 10.9 Å². The van der Waals surface area contributed by atoms with Gasteiger partial charge in [0, 0.05) is 5.56 Å². The fourth-order valence-corrected chi connectivity index (χ4v) is 1.06. The van der Waals surface area contributed by atoms with E-state index in [1.54, 1.807) is 6.07 Å². The molecule has 70 valence electrons. The molecule has 13 heavy (non-hydrogen) atoms. The normalized spacial score (nSPS) is 11.7. The molecule has 0 heterocycles. The molecule has 0 bridgehead atoms. The average molecular weight is 182 g/mol. The molecule has 0 saturated carbocycles. The Morgan fingerprint density at radius 1 is 1.62 bits per heavy atom. The van der Waals surface area contributed by atoms with Crippen LogP contribution in [0.3, 0.4) is 0 Å². The molecule has 0 spiro atoms. The topological polar surface area (TPSA) is 58.6 Å². The lowest BCUT2D eigenvalue weighted by Gasteiger charge is -2.02. The average Bonchev–Trinajstić information content (AvgIpc) is 2.13. The fourth-order valence-electron chi connectivity index (χ4n) is 1.06. The molecule has 3 N–H and O–H groups in total. The molecule has 1 aromatic carbocycles. The highest BCUT2D eigenvalue weighted by Gasteiger charge is 2.05. The second-order valence-corrected chi connectivity index (χ2v) is 2.60. The third-order valence-electron chi connectivity index (χ3n) is 1.77. The van der Waals surface area contributed by atoms with Gasteiger partial charge in [-0.1, -0.05) is 6.92 Å². The van der Waals surface area contributed by atoms with Crippen LogP contribution in [0.4, 0.5) is 4.39 Å². The predicted molar refractivity (Wildman–Crippen MR) is 49.1 cm³/mol. The van der Waals surface area contributed by atoms with Crippen LogP contribution in [0.1, 0.15) is 18.9 Å². The highest BCUT2D eigenvalue weighted by atomic mass is 19.1. The van der Waals surface area contributed by atoms with E-state index < -0.39 is 5.82 Å². The van der Waals surface area contributed by atoms with Crippen LogP contribution in [0.2, 0.25) is 0 Å². The Kier molecular flexibility index (Phi) is 2.84. The Morgan fingerprint density at radius 3 is 2.77 bits per heavy atom. The van der Waals surface area contributed by atoms with Crippen molar-refractivity contribution in [2.75, 3.05) is 0 Å². The maximum absolute atomic E-state index is 12.9. The smallest absolute Gasteiger partial charge is 0.165 e. The molecule has 0 aliphatic heterocycles. The van der Waals surface area contributed by atoms with Gasteiger partial charge >= 0.3 is 0 Å². The molecular formula is C9H11FN2O. The van der Waals surface area contributed by atoms with Gasteiger partial charge in [-0.2, -0.15) is 5.10 Å². The van der Waals surface area contributed by atoms with Gasteiger partial charge in [0.05, 0.1) is 5.71 Å². The number of phenols is 1. The van der Waals surface area contributed by atoms with Crippen molar-refractivity contribution in [3.63, 3.8) is 0 Å². The molecule has 0 aromatic heterocycles. The van der Waals surface area contributed by atoms with Crippen LogP contribution in [0.15, 0.2) is 23.3 Å². The van der Waals surface area contributed by atoms with E-state index in [-0.39, 0.29) is 5.75 Å². The summed E-state index contributed by atoms with van der Waals surface area (Å²) in [6.45, 7) is 1.87. The third kappa shape index (κ3) is 1.96. The number of nitrogens with zero attached hydrogens (tertiary/aromatic N) is 1. The molecule has 0 unspecified atom stereocenters. The minimum Gasteiger partial charge on any atom is -0.505 e. The molecule has 0 aliphatic rings. The van der Waals surface area contributed by atoms with Crippen LogP contribution < -0.4 is 5.84 Å². The molecule has 0 radical (unpaired) electrons. The first-order valence-corrected chi connectivity index (χ1v) is 3.94. The number of phenolic OH excluding ortho intramolecular Hbond substituents is 1. The zero-order chi connectivity index (χ0) is 9.84. The summed E-state index contributed by atoms with van der Waals surface area (Å²) >= 11 is 0. The summed E-state index contributed by atoms with van der Waals surface area (Å²) in [5.41, 5.74) is 1.21. The van der Waals surface area contributed by atoms with Gasteiger partial charge in [-0.3, -0.25) is 0 Å². The van der Waals surface area contributed by atoms with E-state index in [1.165, 1.54) is 12.1 Å². The standard InChI is InChI=1S/C9H11FN2O/c1-2-8(12-11)6-3-4-9(13)7(10)5-6/h3-5,13H,2,11H2,1H3/b12-8-. The molecule has 1 aromatic rings. The molecule has 0 atom stereocenters. The summed E-state index contributed by atoms with van der Waals surface area (Å²) < 4.78 is 12.9. The first-order valence-electron chi connectivity index (χ1n) is 3.94. The van der Waals surface area contributed by atoms with Crippen molar-refractivity contribution in [3.05, 3.63) is 29.6 Å². The van der Waals surface area contributed by atoms with Crippen LogP contribution in [-0.4, -0.2) is 10.8 Å². The van der Waals surface area contributed by atoms with Gasteiger partial charge in [-0.15, -0.1) is 0 Å². The molecule has 1 rings (SSSR count). The lowest BCUT2D eigenvalue weighted by Crippen LogP contribution is -2.02. The molecule has 4 heteroatoms. The first kappa shape index (κ1) is 9.51. The SMILES string of the molecule is CC/C(=N/N)c1ccc(O)c(F)c1. The Morgan fingerprint density at radius 2 is 2.31 bits per heavy atom. The van der Waals surface area contributed by atoms with Crippen molar-refractivity contribution >= 4 is 5.71 Å². The number of aromatic hydroxyl groups is 1. The summed E-state index contributed by atoms with van der Waals surface area (Å²) in [5.74, 6) is 4.08. The van der Waals surface area contributed by atoms with E-state index >= 15 is 0 Å². The summed E-state index contributed by atoms with van der Waals surface area (Å²) in [6, 6.07) is 4.07. The molecule has 0 amide bonds. The van der Waals surface area contributed by atoms with Gasteiger partial charge in [0.1, 0.15) is 0 Å². The number of nitrogens with two attached hydrogens (primary N) is 1. The monoisotopic (exact) mass is 182 g/mol. The zero-order valence-corrected chi connectivity index (χ0v) is 7.29. The second-order valence-electron chi connectivity index (χ2n) is 2.60. The largest absolute Gasteiger partial charge is 0.505 e. The minimum atomic E-state index is -0.660. The maximum atomic E-state index is 12.9. The summed E-state index contributed by atoms with van der Waals surface area (Å²) in [4.78, 5) is 0. The maximum Gasteiger partial charge on any atom is 0.165 e. The van der Waals surface area contributed by atoms with E-state index in [4.69, 9.17) is 10.9 Å². The van der Waals surface area contributed by atoms with Gasteiger partial charge in [0.25, 0.3) is 0 Å². The first-order chi connectivity index (χ1) is 6.19. The van der Waals surface area contributed by atoms with Crippen molar-refractivity contribution in [1.82, 2.24) is 0 Å². The van der Waals surface area contributed by atoms with E-state index in [1.807, 2.05) is 6.92 Å². The number of benzene rings is 1. The van der Waals surface area contributed by atoms with E-state index in [0.29, 0.717) is 17.7 Å². The van der Waals surface area contributed by atoms with E-state index in [9.17, 15) is 4.39 Å². The van der Waals surface area contributed by atoms with Gasteiger partial charge in [0.2, 0.25) is 0 Å². The summed E-state index contributed by atoms with van der Waals surface area (Å²) in [7, 11) is 0. The quantitative estimate of drug-likeness (QED) is 0.414. The highest BCUT2D eigenvalue weighted by Crippen LogP contribution is 2.17.